The zero-order chi connectivity index (χ0) is 29.0. The first-order valence-corrected chi connectivity index (χ1v) is 11.3. The van der Waals surface area contributed by atoms with E-state index in [0.717, 1.165) is 31.4 Å². The second-order valence-corrected chi connectivity index (χ2v) is 8.69. The highest BCUT2D eigenvalue weighted by Crippen LogP contribution is 2.34. The van der Waals surface area contributed by atoms with E-state index in [4.69, 9.17) is 10.00 Å². The van der Waals surface area contributed by atoms with Crippen LogP contribution in [0.25, 0.3) is 22.3 Å². The van der Waals surface area contributed by atoms with Gasteiger partial charge in [0.05, 0.1) is 24.7 Å². The quantitative estimate of drug-likeness (QED) is 0.341. The third kappa shape index (κ3) is 4.85. The third-order valence-corrected chi connectivity index (χ3v) is 5.98. The normalized spacial score (nSPS) is 14.2. The Morgan fingerprint density at radius 3 is 2.35 bits per heavy atom. The first-order chi connectivity index (χ1) is 18.8. The Bertz CT molecular complexity index is 1740. The first kappa shape index (κ1) is 26.8. The Labute approximate surface area is 219 Å². The summed E-state index contributed by atoms with van der Waals surface area (Å²) in [6, 6.07) is 6.90. The summed E-state index contributed by atoms with van der Waals surface area (Å²) in [6.45, 7) is 0.0533. The molecule has 4 aromatic rings. The molecule has 16 heteroatoms. The maximum Gasteiger partial charge on any atom is 0.449 e. The Balaban J connectivity index is 1.54. The molecule has 0 saturated carbocycles. The molecule has 0 atom stereocenters. The molecule has 4 heterocycles. The van der Waals surface area contributed by atoms with Crippen LogP contribution in [0, 0.1) is 17.1 Å². The van der Waals surface area contributed by atoms with Gasteiger partial charge in [0.1, 0.15) is 34.6 Å². The fourth-order valence-electron chi connectivity index (χ4n) is 4.00. The van der Waals surface area contributed by atoms with Crippen LogP contribution in [-0.2, 0) is 19.4 Å². The Kier molecular flexibility index (Phi) is 6.32. The molecular formula is C24H14F7N7O2. The van der Waals surface area contributed by atoms with E-state index in [2.05, 4.69) is 19.9 Å². The number of anilines is 1. The average molecular weight is 565 g/mol. The van der Waals surface area contributed by atoms with E-state index in [-0.39, 0.29) is 40.5 Å². The highest BCUT2D eigenvalue weighted by atomic mass is 19.4. The molecule has 206 valence electrons. The predicted octanol–water partition coefficient (Wildman–Crippen LogP) is 4.10. The average Bonchev–Trinajstić information content (AvgIpc) is 2.86. The lowest BCUT2D eigenvalue weighted by molar-refractivity contribution is -0.147. The summed E-state index contributed by atoms with van der Waals surface area (Å²) < 4.78 is 100. The van der Waals surface area contributed by atoms with Gasteiger partial charge in [0.2, 0.25) is 11.8 Å². The van der Waals surface area contributed by atoms with Crippen molar-refractivity contribution in [2.75, 3.05) is 18.0 Å². The lowest BCUT2D eigenvalue weighted by atomic mass is 10.1. The molecule has 9 nitrogen and oxygen atoms in total. The summed E-state index contributed by atoms with van der Waals surface area (Å²) in [5.74, 6) is -2.81. The van der Waals surface area contributed by atoms with Gasteiger partial charge in [-0.15, -0.1) is 0 Å². The van der Waals surface area contributed by atoms with Gasteiger partial charge in [-0.2, -0.15) is 31.6 Å². The van der Waals surface area contributed by atoms with E-state index < -0.39 is 58.1 Å². The van der Waals surface area contributed by atoms with Gasteiger partial charge < -0.3 is 9.64 Å². The van der Waals surface area contributed by atoms with Gasteiger partial charge in [-0.1, -0.05) is 0 Å². The summed E-state index contributed by atoms with van der Waals surface area (Å²) in [5.41, 5.74) is -4.24. The van der Waals surface area contributed by atoms with E-state index in [9.17, 15) is 35.5 Å². The highest BCUT2D eigenvalue weighted by molar-refractivity contribution is 5.90. The Morgan fingerprint density at radius 2 is 1.73 bits per heavy atom. The van der Waals surface area contributed by atoms with Gasteiger partial charge in [-0.25, -0.2) is 19.3 Å². The fourth-order valence-corrected chi connectivity index (χ4v) is 4.00. The SMILES string of the molecule is Cn1c(C(F)(F)F)nc2c(-c3ccc(C#N)cc3F)nc(N3CC(Oc4ccnc(C(F)(F)F)c4)C3)nc2c1=O. The number of hydrogen-bond donors (Lipinski definition) is 0. The van der Waals surface area contributed by atoms with Crippen LogP contribution in [0.15, 0.2) is 41.3 Å². The topological polar surface area (TPSA) is 110 Å². The van der Waals surface area contributed by atoms with Crippen molar-refractivity contribution in [1.82, 2.24) is 24.5 Å². The number of pyridine rings is 1. The van der Waals surface area contributed by atoms with Gasteiger partial charge in [0.15, 0.2) is 5.52 Å². The molecule has 0 radical (unpaired) electrons. The highest BCUT2D eigenvalue weighted by Gasteiger charge is 2.38. The maximum atomic E-state index is 15.0. The number of nitrogens with zero attached hydrogens (tertiary/aromatic N) is 7. The number of ether oxygens (including phenoxy) is 1. The second-order valence-electron chi connectivity index (χ2n) is 8.69. The maximum absolute atomic E-state index is 15.0. The van der Waals surface area contributed by atoms with Crippen LogP contribution in [-0.4, -0.2) is 43.7 Å². The van der Waals surface area contributed by atoms with Crippen molar-refractivity contribution < 1.29 is 35.5 Å². The van der Waals surface area contributed by atoms with Crippen LogP contribution in [0.4, 0.5) is 36.7 Å². The molecule has 3 aromatic heterocycles. The van der Waals surface area contributed by atoms with Crippen LogP contribution in [0.2, 0.25) is 0 Å². The van der Waals surface area contributed by atoms with Crippen molar-refractivity contribution in [2.45, 2.75) is 18.5 Å². The molecule has 5 rings (SSSR count). The van der Waals surface area contributed by atoms with Crippen molar-refractivity contribution in [3.63, 3.8) is 0 Å². The van der Waals surface area contributed by atoms with Gasteiger partial charge in [-0.05, 0) is 24.3 Å². The number of aromatic nitrogens is 5. The van der Waals surface area contributed by atoms with E-state index in [1.165, 1.54) is 17.0 Å². The largest absolute Gasteiger partial charge is 0.487 e. The molecule has 1 saturated heterocycles. The second kappa shape index (κ2) is 9.43. The molecule has 1 fully saturated rings. The summed E-state index contributed by atoms with van der Waals surface area (Å²) in [6.07, 6.45) is -9.39. The number of fused-ring (bicyclic) bond motifs is 1. The standard InChI is InChI=1S/C24H14F7N7O2/c1-37-20(39)19-18(34-21(37)24(29,30)31)17(14-3-2-11(8-32)6-15(14)25)35-22(36-19)38-9-13(10-38)40-12-4-5-33-16(7-12)23(26,27)28/h2-7,13H,9-10H2,1H3. The van der Waals surface area contributed by atoms with E-state index in [1.54, 1.807) is 6.07 Å². The van der Waals surface area contributed by atoms with Crippen LogP contribution >= 0.6 is 0 Å². The van der Waals surface area contributed by atoms with Crippen molar-refractivity contribution in [3.05, 3.63) is 69.8 Å². The van der Waals surface area contributed by atoms with Gasteiger partial charge >= 0.3 is 12.4 Å². The number of halogens is 7. The summed E-state index contributed by atoms with van der Waals surface area (Å²) in [4.78, 5) is 29.4. The first-order valence-electron chi connectivity index (χ1n) is 11.3. The molecule has 0 aliphatic carbocycles. The fraction of sp³-hybridized carbons (Fsp3) is 0.250. The number of nitriles is 1. The molecule has 1 aliphatic heterocycles. The Morgan fingerprint density at radius 1 is 1.00 bits per heavy atom. The minimum absolute atomic E-state index is 0.0266. The van der Waals surface area contributed by atoms with Crippen LogP contribution in [0.5, 0.6) is 5.75 Å². The van der Waals surface area contributed by atoms with Crippen molar-refractivity contribution in [2.24, 2.45) is 7.05 Å². The summed E-state index contributed by atoms with van der Waals surface area (Å²) in [7, 11) is 0.860. The molecule has 0 bridgehead atoms. The minimum atomic E-state index is -5.03. The third-order valence-electron chi connectivity index (χ3n) is 5.98. The number of hydrogen-bond acceptors (Lipinski definition) is 8. The monoisotopic (exact) mass is 565 g/mol. The zero-order valence-corrected chi connectivity index (χ0v) is 20.0. The minimum Gasteiger partial charge on any atom is -0.487 e. The summed E-state index contributed by atoms with van der Waals surface area (Å²) in [5, 5.41) is 9.03. The smallest absolute Gasteiger partial charge is 0.449 e. The van der Waals surface area contributed by atoms with Gasteiger partial charge in [0, 0.05) is 24.9 Å². The van der Waals surface area contributed by atoms with E-state index >= 15 is 0 Å². The predicted molar refractivity (Wildman–Crippen MR) is 124 cm³/mol. The molecule has 0 N–H and O–H groups in total. The molecular weight excluding hydrogens is 551 g/mol. The van der Waals surface area contributed by atoms with Gasteiger partial charge in [-0.3, -0.25) is 14.3 Å². The zero-order valence-electron chi connectivity index (χ0n) is 20.0. The van der Waals surface area contributed by atoms with Gasteiger partial charge in [0.25, 0.3) is 5.56 Å². The molecule has 0 unspecified atom stereocenters. The van der Waals surface area contributed by atoms with Crippen LogP contribution in [0.3, 0.4) is 0 Å². The number of benzene rings is 1. The lowest BCUT2D eigenvalue weighted by Gasteiger charge is -2.39. The number of alkyl halides is 6. The van der Waals surface area contributed by atoms with Crippen LogP contribution < -0.4 is 15.2 Å². The van der Waals surface area contributed by atoms with Crippen molar-refractivity contribution >= 4 is 17.0 Å². The number of rotatable bonds is 4. The lowest BCUT2D eigenvalue weighted by Crippen LogP contribution is -2.54. The van der Waals surface area contributed by atoms with Crippen molar-refractivity contribution in [1.29, 1.82) is 5.26 Å². The van der Waals surface area contributed by atoms with E-state index in [0.29, 0.717) is 0 Å². The molecule has 0 spiro atoms. The molecule has 0 amide bonds. The van der Waals surface area contributed by atoms with Crippen LogP contribution in [0.1, 0.15) is 17.1 Å². The van der Waals surface area contributed by atoms with Crippen molar-refractivity contribution in [3.8, 4) is 23.1 Å². The molecule has 40 heavy (non-hydrogen) atoms. The summed E-state index contributed by atoms with van der Waals surface area (Å²) >= 11 is 0. The Hall–Kier alpha value is -4.81. The molecule has 1 aliphatic rings. The van der Waals surface area contributed by atoms with E-state index in [1.807, 2.05) is 0 Å². The molecule has 1 aromatic carbocycles.